The first-order chi connectivity index (χ1) is 10.7. The molecule has 0 saturated carbocycles. The number of carbonyl (C=O) groups is 1. The summed E-state index contributed by atoms with van der Waals surface area (Å²) in [6.07, 6.45) is 4.17. The van der Waals surface area contributed by atoms with E-state index in [1.807, 2.05) is 23.1 Å². The van der Waals surface area contributed by atoms with Crippen LogP contribution in [0.2, 0.25) is 0 Å². The van der Waals surface area contributed by atoms with Gasteiger partial charge in [0.05, 0.1) is 6.54 Å². The van der Waals surface area contributed by atoms with Crippen molar-refractivity contribution >= 4 is 5.91 Å². The van der Waals surface area contributed by atoms with E-state index in [1.165, 1.54) is 12.0 Å². The molecule has 1 unspecified atom stereocenters. The van der Waals surface area contributed by atoms with Gasteiger partial charge in [-0.3, -0.25) is 9.69 Å². The lowest BCUT2D eigenvalue weighted by Crippen LogP contribution is -2.45. The van der Waals surface area contributed by atoms with Crippen LogP contribution in [0.15, 0.2) is 30.3 Å². The maximum atomic E-state index is 12.5. The number of carbonyl (C=O) groups excluding carboxylic acids is 1. The molecule has 0 bridgehead atoms. The third-order valence-corrected chi connectivity index (χ3v) is 4.45. The lowest BCUT2D eigenvalue weighted by Gasteiger charge is -2.33. The van der Waals surface area contributed by atoms with Crippen LogP contribution in [-0.2, 0) is 11.3 Å². The zero-order valence-corrected chi connectivity index (χ0v) is 13.6. The van der Waals surface area contributed by atoms with Crippen molar-refractivity contribution in [3.05, 3.63) is 35.9 Å². The van der Waals surface area contributed by atoms with Gasteiger partial charge in [0.2, 0.25) is 5.91 Å². The SMILES string of the molecule is CC(CCO)N(CC(=O)N1CCCCC1)Cc1ccccc1. The van der Waals surface area contributed by atoms with E-state index in [4.69, 9.17) is 0 Å². The zero-order chi connectivity index (χ0) is 15.8. The number of aliphatic hydroxyl groups is 1. The van der Waals surface area contributed by atoms with Crippen molar-refractivity contribution < 1.29 is 9.90 Å². The van der Waals surface area contributed by atoms with Gasteiger partial charge < -0.3 is 10.0 Å². The third kappa shape index (κ3) is 5.11. The molecule has 1 atom stereocenters. The number of hydrogen-bond donors (Lipinski definition) is 1. The third-order valence-electron chi connectivity index (χ3n) is 4.45. The molecule has 0 aromatic heterocycles. The van der Waals surface area contributed by atoms with Crippen LogP contribution in [0.1, 0.15) is 38.2 Å². The first-order valence-electron chi connectivity index (χ1n) is 8.37. The average molecular weight is 304 g/mol. The number of nitrogens with zero attached hydrogens (tertiary/aromatic N) is 2. The molecule has 4 nitrogen and oxygen atoms in total. The van der Waals surface area contributed by atoms with Crippen LogP contribution >= 0.6 is 0 Å². The second-order valence-electron chi connectivity index (χ2n) is 6.19. The second-order valence-corrected chi connectivity index (χ2v) is 6.19. The highest BCUT2D eigenvalue weighted by Crippen LogP contribution is 2.13. The first-order valence-corrected chi connectivity index (χ1v) is 8.37. The summed E-state index contributed by atoms with van der Waals surface area (Å²) < 4.78 is 0. The molecule has 22 heavy (non-hydrogen) atoms. The van der Waals surface area contributed by atoms with Gasteiger partial charge in [-0.1, -0.05) is 30.3 Å². The van der Waals surface area contributed by atoms with Crippen LogP contribution in [0, 0.1) is 0 Å². The molecule has 0 aliphatic carbocycles. The van der Waals surface area contributed by atoms with E-state index in [1.54, 1.807) is 0 Å². The molecular formula is C18H28N2O2. The molecule has 1 N–H and O–H groups in total. The quantitative estimate of drug-likeness (QED) is 0.840. The molecule has 0 radical (unpaired) electrons. The number of piperidine rings is 1. The van der Waals surface area contributed by atoms with Crippen molar-refractivity contribution in [2.24, 2.45) is 0 Å². The number of likely N-dealkylation sites (tertiary alicyclic amines) is 1. The van der Waals surface area contributed by atoms with Crippen LogP contribution in [0.25, 0.3) is 0 Å². The number of benzene rings is 1. The minimum absolute atomic E-state index is 0.157. The lowest BCUT2D eigenvalue weighted by molar-refractivity contribution is -0.134. The molecule has 1 aromatic carbocycles. The van der Waals surface area contributed by atoms with Crippen LogP contribution in [-0.4, -0.2) is 53.1 Å². The largest absolute Gasteiger partial charge is 0.396 e. The molecular weight excluding hydrogens is 276 g/mol. The van der Waals surface area contributed by atoms with Gasteiger partial charge in [0, 0.05) is 32.3 Å². The van der Waals surface area contributed by atoms with Crippen molar-refractivity contribution in [1.29, 1.82) is 0 Å². The molecule has 4 heteroatoms. The molecule has 1 aromatic rings. The smallest absolute Gasteiger partial charge is 0.236 e. The number of rotatable bonds is 7. The molecule has 122 valence electrons. The van der Waals surface area contributed by atoms with E-state index in [2.05, 4.69) is 24.0 Å². The van der Waals surface area contributed by atoms with Gasteiger partial charge in [0.1, 0.15) is 0 Å². The lowest BCUT2D eigenvalue weighted by atomic mass is 10.1. The molecule has 0 spiro atoms. The van der Waals surface area contributed by atoms with E-state index in [0.29, 0.717) is 13.0 Å². The summed E-state index contributed by atoms with van der Waals surface area (Å²) in [4.78, 5) is 16.7. The van der Waals surface area contributed by atoms with Gasteiger partial charge >= 0.3 is 0 Å². The van der Waals surface area contributed by atoms with Crippen LogP contribution in [0.5, 0.6) is 0 Å². The predicted molar refractivity (Wildman–Crippen MR) is 88.4 cm³/mol. The van der Waals surface area contributed by atoms with Gasteiger partial charge in [-0.15, -0.1) is 0 Å². The number of amides is 1. The summed E-state index contributed by atoms with van der Waals surface area (Å²) in [5.74, 6) is 0.223. The maximum Gasteiger partial charge on any atom is 0.236 e. The molecule has 1 heterocycles. The van der Waals surface area contributed by atoms with E-state index in [-0.39, 0.29) is 18.6 Å². The molecule has 2 rings (SSSR count). The van der Waals surface area contributed by atoms with Crippen molar-refractivity contribution in [2.75, 3.05) is 26.2 Å². The number of hydrogen-bond acceptors (Lipinski definition) is 3. The Bertz CT molecular complexity index is 444. The first kappa shape index (κ1) is 17.0. The summed E-state index contributed by atoms with van der Waals surface area (Å²) in [6.45, 7) is 5.23. The topological polar surface area (TPSA) is 43.8 Å². The Labute approximate surface area is 133 Å². The van der Waals surface area contributed by atoms with Crippen molar-refractivity contribution in [3.8, 4) is 0 Å². The average Bonchev–Trinajstić information content (AvgIpc) is 2.56. The molecule has 1 fully saturated rings. The summed E-state index contributed by atoms with van der Waals surface area (Å²) in [5.41, 5.74) is 1.21. The number of aliphatic hydroxyl groups excluding tert-OH is 1. The summed E-state index contributed by atoms with van der Waals surface area (Å²) in [5, 5.41) is 9.21. The minimum Gasteiger partial charge on any atom is -0.396 e. The predicted octanol–water partition coefficient (Wildman–Crippen LogP) is 2.27. The van der Waals surface area contributed by atoms with E-state index >= 15 is 0 Å². The Morgan fingerprint density at radius 1 is 1.23 bits per heavy atom. The van der Waals surface area contributed by atoms with Gasteiger partial charge in [-0.25, -0.2) is 0 Å². The Balaban J connectivity index is 1.98. The van der Waals surface area contributed by atoms with E-state index in [9.17, 15) is 9.90 Å². The Hall–Kier alpha value is -1.39. The van der Waals surface area contributed by atoms with Crippen molar-refractivity contribution in [2.45, 2.75) is 45.2 Å². The fourth-order valence-electron chi connectivity index (χ4n) is 2.97. The molecule has 1 amide bonds. The zero-order valence-electron chi connectivity index (χ0n) is 13.6. The second kappa shape index (κ2) is 8.91. The minimum atomic E-state index is 0.157. The molecule has 1 aliphatic heterocycles. The molecule has 1 aliphatic rings. The monoisotopic (exact) mass is 304 g/mol. The Kier molecular flexibility index (Phi) is 6.87. The highest BCUT2D eigenvalue weighted by Gasteiger charge is 2.22. The van der Waals surface area contributed by atoms with Crippen molar-refractivity contribution in [1.82, 2.24) is 9.80 Å². The standard InChI is InChI=1S/C18H28N2O2/c1-16(10-13-21)20(14-17-8-4-2-5-9-17)15-18(22)19-11-6-3-7-12-19/h2,4-5,8-9,16,21H,3,6-7,10-15H2,1H3. The summed E-state index contributed by atoms with van der Waals surface area (Å²) in [6, 6.07) is 10.4. The summed E-state index contributed by atoms with van der Waals surface area (Å²) in [7, 11) is 0. The normalized spacial score (nSPS) is 16.8. The maximum absolute atomic E-state index is 12.5. The van der Waals surface area contributed by atoms with Gasteiger partial charge in [-0.05, 0) is 38.2 Å². The fraction of sp³-hybridized carbons (Fsp3) is 0.611. The van der Waals surface area contributed by atoms with Gasteiger partial charge in [0.15, 0.2) is 0 Å². The van der Waals surface area contributed by atoms with Gasteiger partial charge in [-0.2, -0.15) is 0 Å². The van der Waals surface area contributed by atoms with Crippen LogP contribution in [0.3, 0.4) is 0 Å². The van der Waals surface area contributed by atoms with E-state index in [0.717, 1.165) is 32.5 Å². The van der Waals surface area contributed by atoms with Crippen LogP contribution < -0.4 is 0 Å². The molecule has 1 saturated heterocycles. The van der Waals surface area contributed by atoms with Crippen LogP contribution in [0.4, 0.5) is 0 Å². The Morgan fingerprint density at radius 3 is 2.55 bits per heavy atom. The van der Waals surface area contributed by atoms with E-state index < -0.39 is 0 Å². The van der Waals surface area contributed by atoms with Crippen molar-refractivity contribution in [3.63, 3.8) is 0 Å². The summed E-state index contributed by atoms with van der Waals surface area (Å²) >= 11 is 0. The fourth-order valence-corrected chi connectivity index (χ4v) is 2.97. The van der Waals surface area contributed by atoms with Gasteiger partial charge in [0.25, 0.3) is 0 Å². The highest BCUT2D eigenvalue weighted by atomic mass is 16.3. The highest BCUT2D eigenvalue weighted by molar-refractivity contribution is 5.78. The Morgan fingerprint density at radius 2 is 1.91 bits per heavy atom.